The minimum atomic E-state index is -0.520. The van der Waals surface area contributed by atoms with Crippen LogP contribution in [-0.2, 0) is 11.2 Å². The third kappa shape index (κ3) is 3.43. The number of carbonyl (C=O) groups is 1. The third-order valence-electron chi connectivity index (χ3n) is 2.68. The maximum Gasteiger partial charge on any atom is 0.242 e. The Morgan fingerprint density at radius 1 is 1.33 bits per heavy atom. The molecule has 1 atom stereocenters. The zero-order valence-corrected chi connectivity index (χ0v) is 9.97. The molecule has 1 aromatic carbocycles. The number of nitrogens with zero attached hydrogens (tertiary/aromatic N) is 1. The fourth-order valence-electron chi connectivity index (χ4n) is 1.65. The van der Waals surface area contributed by atoms with Crippen molar-refractivity contribution in [2.24, 2.45) is 5.73 Å². The van der Waals surface area contributed by atoms with Gasteiger partial charge in [-0.3, -0.25) is 9.89 Å². The number of nitrogens with one attached hydrogen (secondary N) is 2. The van der Waals surface area contributed by atoms with Crippen molar-refractivity contribution in [3.8, 4) is 0 Å². The predicted octanol–water partition coefficient (Wildman–Crippen LogP) is 1.31. The number of hydrogen-bond acceptors (Lipinski definition) is 3. The topological polar surface area (TPSA) is 83.8 Å². The van der Waals surface area contributed by atoms with Crippen LogP contribution in [0.2, 0.25) is 0 Å². The average Bonchev–Trinajstić information content (AvgIpc) is 2.90. The molecule has 5 nitrogen and oxygen atoms in total. The lowest BCUT2D eigenvalue weighted by Crippen LogP contribution is -2.36. The summed E-state index contributed by atoms with van der Waals surface area (Å²) in [6.45, 7) is 0. The third-order valence-corrected chi connectivity index (χ3v) is 2.68. The summed E-state index contributed by atoms with van der Waals surface area (Å²) >= 11 is 0. The molecule has 0 saturated heterocycles. The standard InChI is InChI=1S/C13H16N4O/c14-11(7-6-10-4-2-1-3-5-10)13(18)16-12-8-9-15-17-12/h1-5,8-9,11H,6-7,14H2,(H2,15,16,17,18)/t11-/m0/s1. The molecule has 0 aliphatic carbocycles. The molecule has 0 bridgehead atoms. The van der Waals surface area contributed by atoms with E-state index in [0.717, 1.165) is 6.42 Å². The van der Waals surface area contributed by atoms with Gasteiger partial charge in [0.1, 0.15) is 5.82 Å². The number of aryl methyl sites for hydroxylation is 1. The molecule has 5 heteroatoms. The van der Waals surface area contributed by atoms with E-state index in [2.05, 4.69) is 15.5 Å². The second-order valence-corrected chi connectivity index (χ2v) is 4.09. The SMILES string of the molecule is N[C@@H](CCc1ccccc1)C(=O)Nc1ccn[nH]1. The molecule has 1 aromatic heterocycles. The van der Waals surface area contributed by atoms with E-state index in [1.807, 2.05) is 30.3 Å². The fourth-order valence-corrected chi connectivity index (χ4v) is 1.65. The zero-order valence-electron chi connectivity index (χ0n) is 9.97. The van der Waals surface area contributed by atoms with E-state index in [1.54, 1.807) is 12.3 Å². The highest BCUT2D eigenvalue weighted by atomic mass is 16.2. The summed E-state index contributed by atoms with van der Waals surface area (Å²) in [5, 5.41) is 9.08. The van der Waals surface area contributed by atoms with Crippen molar-refractivity contribution in [1.29, 1.82) is 0 Å². The van der Waals surface area contributed by atoms with Crippen LogP contribution in [-0.4, -0.2) is 22.1 Å². The highest BCUT2D eigenvalue weighted by Gasteiger charge is 2.13. The number of nitrogens with two attached hydrogens (primary N) is 1. The summed E-state index contributed by atoms with van der Waals surface area (Å²) < 4.78 is 0. The van der Waals surface area contributed by atoms with Crippen LogP contribution in [0.1, 0.15) is 12.0 Å². The van der Waals surface area contributed by atoms with E-state index >= 15 is 0 Å². The number of aromatic nitrogens is 2. The van der Waals surface area contributed by atoms with Gasteiger partial charge in [0.05, 0.1) is 12.2 Å². The lowest BCUT2D eigenvalue weighted by Gasteiger charge is -2.10. The summed E-state index contributed by atoms with van der Waals surface area (Å²) in [5.74, 6) is 0.366. The molecule has 0 spiro atoms. The van der Waals surface area contributed by atoms with Crippen LogP contribution < -0.4 is 11.1 Å². The van der Waals surface area contributed by atoms with Gasteiger partial charge in [0.25, 0.3) is 0 Å². The van der Waals surface area contributed by atoms with E-state index in [4.69, 9.17) is 5.73 Å². The minimum absolute atomic E-state index is 0.199. The molecule has 0 aliphatic rings. The van der Waals surface area contributed by atoms with Crippen molar-refractivity contribution in [2.75, 3.05) is 5.32 Å². The van der Waals surface area contributed by atoms with Gasteiger partial charge in [0.2, 0.25) is 5.91 Å². The van der Waals surface area contributed by atoms with Crippen LogP contribution in [0.15, 0.2) is 42.6 Å². The van der Waals surface area contributed by atoms with Crippen molar-refractivity contribution in [3.05, 3.63) is 48.2 Å². The summed E-state index contributed by atoms with van der Waals surface area (Å²) in [4.78, 5) is 11.7. The van der Waals surface area contributed by atoms with Crippen LogP contribution in [0, 0.1) is 0 Å². The molecular formula is C13H16N4O. The Hall–Kier alpha value is -2.14. The van der Waals surface area contributed by atoms with Gasteiger partial charge in [-0.1, -0.05) is 30.3 Å². The molecule has 0 unspecified atom stereocenters. The molecule has 1 amide bonds. The van der Waals surface area contributed by atoms with Gasteiger partial charge in [0, 0.05) is 6.07 Å². The molecule has 2 aromatic rings. The molecule has 94 valence electrons. The van der Waals surface area contributed by atoms with Gasteiger partial charge in [-0.15, -0.1) is 0 Å². The van der Waals surface area contributed by atoms with Gasteiger partial charge in [0.15, 0.2) is 0 Å². The first kappa shape index (κ1) is 12.3. The first-order valence-corrected chi connectivity index (χ1v) is 5.85. The average molecular weight is 244 g/mol. The molecule has 0 saturated carbocycles. The van der Waals surface area contributed by atoms with Crippen LogP contribution in [0.25, 0.3) is 0 Å². The van der Waals surface area contributed by atoms with Gasteiger partial charge in [-0.25, -0.2) is 0 Å². The predicted molar refractivity (Wildman–Crippen MR) is 70.0 cm³/mol. The number of rotatable bonds is 5. The monoisotopic (exact) mass is 244 g/mol. The molecule has 18 heavy (non-hydrogen) atoms. The lowest BCUT2D eigenvalue weighted by atomic mass is 10.1. The Kier molecular flexibility index (Phi) is 4.09. The molecule has 0 aliphatic heterocycles. The zero-order chi connectivity index (χ0) is 12.8. The quantitative estimate of drug-likeness (QED) is 0.741. The number of anilines is 1. The lowest BCUT2D eigenvalue weighted by molar-refractivity contribution is -0.117. The maximum atomic E-state index is 11.7. The molecule has 0 radical (unpaired) electrons. The second-order valence-electron chi connectivity index (χ2n) is 4.09. The number of hydrogen-bond donors (Lipinski definition) is 3. The Bertz CT molecular complexity index is 481. The normalized spacial score (nSPS) is 12.1. The number of benzene rings is 1. The Labute approximate surface area is 105 Å². The fraction of sp³-hybridized carbons (Fsp3) is 0.231. The van der Waals surface area contributed by atoms with Crippen molar-refractivity contribution in [1.82, 2.24) is 10.2 Å². The number of carbonyl (C=O) groups excluding carboxylic acids is 1. The van der Waals surface area contributed by atoms with Crippen molar-refractivity contribution in [2.45, 2.75) is 18.9 Å². The first-order chi connectivity index (χ1) is 8.75. The maximum absolute atomic E-state index is 11.7. The Balaban J connectivity index is 1.81. The highest BCUT2D eigenvalue weighted by molar-refractivity contribution is 5.93. The number of H-pyrrole nitrogens is 1. The van der Waals surface area contributed by atoms with Gasteiger partial charge >= 0.3 is 0 Å². The Morgan fingerprint density at radius 2 is 2.11 bits per heavy atom. The van der Waals surface area contributed by atoms with E-state index < -0.39 is 6.04 Å². The molecule has 1 heterocycles. The van der Waals surface area contributed by atoms with Crippen LogP contribution in [0.5, 0.6) is 0 Å². The van der Waals surface area contributed by atoms with E-state index in [9.17, 15) is 4.79 Å². The van der Waals surface area contributed by atoms with E-state index in [0.29, 0.717) is 12.2 Å². The van der Waals surface area contributed by atoms with E-state index in [1.165, 1.54) is 5.56 Å². The van der Waals surface area contributed by atoms with Crippen molar-refractivity contribution >= 4 is 11.7 Å². The number of aromatic amines is 1. The van der Waals surface area contributed by atoms with E-state index in [-0.39, 0.29) is 5.91 Å². The largest absolute Gasteiger partial charge is 0.320 e. The van der Waals surface area contributed by atoms with Gasteiger partial charge in [-0.2, -0.15) is 5.10 Å². The summed E-state index contributed by atoms with van der Waals surface area (Å²) in [5.41, 5.74) is 7.02. The van der Waals surface area contributed by atoms with Crippen LogP contribution in [0.4, 0.5) is 5.82 Å². The minimum Gasteiger partial charge on any atom is -0.320 e. The van der Waals surface area contributed by atoms with Crippen molar-refractivity contribution < 1.29 is 4.79 Å². The molecule has 2 rings (SSSR count). The first-order valence-electron chi connectivity index (χ1n) is 5.85. The van der Waals surface area contributed by atoms with Crippen LogP contribution in [0.3, 0.4) is 0 Å². The molecular weight excluding hydrogens is 228 g/mol. The van der Waals surface area contributed by atoms with Crippen molar-refractivity contribution in [3.63, 3.8) is 0 Å². The summed E-state index contributed by atoms with van der Waals surface area (Å²) in [7, 11) is 0. The smallest absolute Gasteiger partial charge is 0.242 e. The van der Waals surface area contributed by atoms with Gasteiger partial charge in [-0.05, 0) is 18.4 Å². The molecule has 4 N–H and O–H groups in total. The summed E-state index contributed by atoms with van der Waals surface area (Å²) in [6.07, 6.45) is 2.98. The highest BCUT2D eigenvalue weighted by Crippen LogP contribution is 2.06. The number of amides is 1. The summed E-state index contributed by atoms with van der Waals surface area (Å²) in [6, 6.07) is 11.1. The molecule has 0 fully saturated rings. The Morgan fingerprint density at radius 3 is 2.78 bits per heavy atom. The van der Waals surface area contributed by atoms with Gasteiger partial charge < -0.3 is 11.1 Å². The second kappa shape index (κ2) is 5.97. The van der Waals surface area contributed by atoms with Crippen LogP contribution >= 0.6 is 0 Å².